The van der Waals surface area contributed by atoms with Crippen molar-refractivity contribution in [3.05, 3.63) is 59.7 Å². The van der Waals surface area contributed by atoms with Crippen LogP contribution in [0.3, 0.4) is 0 Å². The lowest BCUT2D eigenvalue weighted by molar-refractivity contribution is 0.834. The summed E-state index contributed by atoms with van der Waals surface area (Å²) in [7, 11) is 5.10. The van der Waals surface area contributed by atoms with Crippen molar-refractivity contribution in [3.63, 3.8) is 0 Å². The molecular formula is C20H24B2. The van der Waals surface area contributed by atoms with Gasteiger partial charge in [0.25, 0.3) is 0 Å². The molecule has 0 aliphatic heterocycles. The third-order valence-corrected chi connectivity index (χ3v) is 4.82. The van der Waals surface area contributed by atoms with E-state index in [9.17, 15) is 0 Å². The van der Waals surface area contributed by atoms with Gasteiger partial charge in [-0.3, -0.25) is 0 Å². The number of rotatable bonds is 5. The van der Waals surface area contributed by atoms with Gasteiger partial charge in [0, 0.05) is 0 Å². The second-order valence-electron chi connectivity index (χ2n) is 6.92. The van der Waals surface area contributed by atoms with Gasteiger partial charge in [-0.1, -0.05) is 94.3 Å². The lowest BCUT2D eigenvalue weighted by Crippen LogP contribution is -2.41. The molecule has 1 aliphatic rings. The van der Waals surface area contributed by atoms with Crippen molar-refractivity contribution in [2.24, 2.45) is 0 Å². The molecule has 0 bridgehead atoms. The molecule has 1 atom stereocenters. The molecule has 2 aromatic carbocycles. The van der Waals surface area contributed by atoms with Crippen LogP contribution in [0.5, 0.6) is 0 Å². The van der Waals surface area contributed by atoms with Gasteiger partial charge < -0.3 is 0 Å². The zero-order valence-electron chi connectivity index (χ0n) is 14.1. The second-order valence-corrected chi connectivity index (χ2v) is 6.92. The van der Waals surface area contributed by atoms with Gasteiger partial charge in [0.05, 0.1) is 0 Å². The summed E-state index contributed by atoms with van der Waals surface area (Å²) in [6.45, 7) is 9.18. The highest BCUT2D eigenvalue weighted by molar-refractivity contribution is 6.66. The molecule has 0 heterocycles. The molecule has 0 fully saturated rings. The van der Waals surface area contributed by atoms with Crippen molar-refractivity contribution in [1.29, 1.82) is 0 Å². The molecule has 2 heteroatoms. The molecule has 0 saturated heterocycles. The molecule has 2 radical (unpaired) electrons. The summed E-state index contributed by atoms with van der Waals surface area (Å²) in [4.78, 5) is 0. The molecule has 0 spiro atoms. The predicted molar refractivity (Wildman–Crippen MR) is 99.0 cm³/mol. The third-order valence-electron chi connectivity index (χ3n) is 4.82. The Balaban J connectivity index is 2.23. The zero-order chi connectivity index (χ0) is 15.7. The lowest BCUT2D eigenvalue weighted by atomic mass is 9.25. The first-order chi connectivity index (χ1) is 10.6. The highest BCUT2D eigenvalue weighted by Crippen LogP contribution is 2.50. The van der Waals surface area contributed by atoms with Crippen LogP contribution in [0, 0.1) is 0 Å². The molecule has 110 valence electrons. The molecule has 0 N–H and O–H groups in total. The number of fused-ring (bicyclic) bond motifs is 3. The van der Waals surface area contributed by atoms with Crippen molar-refractivity contribution in [2.75, 3.05) is 0 Å². The zero-order valence-corrected chi connectivity index (χ0v) is 14.1. The minimum atomic E-state index is -0.0449. The molecule has 1 aliphatic carbocycles. The van der Waals surface area contributed by atoms with Crippen LogP contribution in [-0.2, 0) is 5.21 Å². The smallest absolute Gasteiger partial charge is 0.0739 e. The highest BCUT2D eigenvalue weighted by atomic mass is 14.3. The summed E-state index contributed by atoms with van der Waals surface area (Å²) in [5.74, 6) is 1.13. The predicted octanol–water partition coefficient (Wildman–Crippen LogP) is 5.32. The largest absolute Gasteiger partial charge is 0.122 e. The minimum absolute atomic E-state index is 0.0449. The highest BCUT2D eigenvalue weighted by Gasteiger charge is 2.44. The van der Waals surface area contributed by atoms with Gasteiger partial charge in [0.15, 0.2) is 0 Å². The first kappa shape index (κ1) is 15.5. The van der Waals surface area contributed by atoms with Crippen LogP contribution in [0.15, 0.2) is 48.5 Å². The first-order valence-corrected chi connectivity index (χ1v) is 8.50. The summed E-state index contributed by atoms with van der Waals surface area (Å²) in [5, 5.41) is -0.0449. The lowest BCUT2D eigenvalue weighted by Gasteiger charge is -2.35. The van der Waals surface area contributed by atoms with Crippen molar-refractivity contribution in [1.82, 2.24) is 0 Å². The van der Waals surface area contributed by atoms with E-state index in [-0.39, 0.29) is 5.21 Å². The molecule has 0 amide bonds. The van der Waals surface area contributed by atoms with E-state index in [1.54, 1.807) is 0 Å². The summed E-state index contributed by atoms with van der Waals surface area (Å²) < 4.78 is 0. The van der Waals surface area contributed by atoms with Crippen molar-refractivity contribution < 1.29 is 0 Å². The van der Waals surface area contributed by atoms with Crippen LogP contribution in [-0.4, -0.2) is 14.6 Å². The molecule has 0 aromatic heterocycles. The molecule has 22 heavy (non-hydrogen) atoms. The minimum Gasteiger partial charge on any atom is -0.0739 e. The molecular weight excluding hydrogens is 262 g/mol. The average molecular weight is 286 g/mol. The monoisotopic (exact) mass is 286 g/mol. The Kier molecular flexibility index (Phi) is 4.21. The van der Waals surface area contributed by atoms with E-state index >= 15 is 0 Å². The Labute approximate surface area is 136 Å². The summed E-state index contributed by atoms with van der Waals surface area (Å²) >= 11 is 0. The molecule has 0 saturated carbocycles. The topological polar surface area (TPSA) is 0 Å². The Bertz CT molecular complexity index is 615. The van der Waals surface area contributed by atoms with Crippen LogP contribution in [0.4, 0.5) is 0 Å². The first-order valence-electron chi connectivity index (χ1n) is 8.50. The van der Waals surface area contributed by atoms with Gasteiger partial charge in [-0.2, -0.15) is 0 Å². The van der Waals surface area contributed by atoms with Gasteiger partial charge >= 0.3 is 0 Å². The van der Waals surface area contributed by atoms with E-state index in [0.29, 0.717) is 11.6 Å². The van der Waals surface area contributed by atoms with Crippen molar-refractivity contribution >= 4 is 14.6 Å². The number of hydrogen-bond acceptors (Lipinski definition) is 0. The van der Waals surface area contributed by atoms with Crippen LogP contribution >= 0.6 is 0 Å². The van der Waals surface area contributed by atoms with Crippen LogP contribution in [0.25, 0.3) is 11.1 Å². The molecule has 0 nitrogen and oxygen atoms in total. The maximum absolute atomic E-state index is 2.57. The molecule has 1 unspecified atom stereocenters. The fourth-order valence-corrected chi connectivity index (χ4v) is 3.81. The molecule has 2 aromatic rings. The van der Waals surface area contributed by atoms with Gasteiger partial charge in [0.2, 0.25) is 0 Å². The van der Waals surface area contributed by atoms with Gasteiger partial charge in [-0.05, 0) is 27.5 Å². The fourth-order valence-electron chi connectivity index (χ4n) is 3.81. The quantitative estimate of drug-likeness (QED) is 0.652. The van der Waals surface area contributed by atoms with E-state index in [4.69, 9.17) is 0 Å². The van der Waals surface area contributed by atoms with E-state index in [1.807, 2.05) is 0 Å². The number of benzene rings is 2. The van der Waals surface area contributed by atoms with Crippen LogP contribution in [0.2, 0.25) is 11.6 Å². The SMILES string of the molecule is CCC(C)[B]C1([B]C(C)C)c2ccccc2-c2ccccc21. The Morgan fingerprint density at radius 2 is 1.32 bits per heavy atom. The maximum atomic E-state index is 2.57. The summed E-state index contributed by atoms with van der Waals surface area (Å²) in [6.07, 6.45) is 1.18. The van der Waals surface area contributed by atoms with E-state index in [2.05, 4.69) is 90.8 Å². The van der Waals surface area contributed by atoms with Gasteiger partial charge in [-0.15, -0.1) is 0 Å². The molecule has 3 rings (SSSR count). The second kappa shape index (κ2) is 5.99. The average Bonchev–Trinajstić information content (AvgIpc) is 2.78. The Hall–Kier alpha value is -1.43. The summed E-state index contributed by atoms with van der Waals surface area (Å²) in [5.41, 5.74) is 5.69. The van der Waals surface area contributed by atoms with Crippen LogP contribution < -0.4 is 0 Å². The normalized spacial score (nSPS) is 16.0. The van der Waals surface area contributed by atoms with Crippen LogP contribution in [0.1, 0.15) is 45.2 Å². The third kappa shape index (κ3) is 2.43. The van der Waals surface area contributed by atoms with E-state index in [1.165, 1.54) is 28.7 Å². The van der Waals surface area contributed by atoms with E-state index in [0.717, 1.165) is 0 Å². The Morgan fingerprint density at radius 1 is 0.818 bits per heavy atom. The number of hydrogen-bond donors (Lipinski definition) is 0. The van der Waals surface area contributed by atoms with Crippen molar-refractivity contribution in [2.45, 2.75) is 51.0 Å². The fraction of sp³-hybridized carbons (Fsp3) is 0.400. The van der Waals surface area contributed by atoms with E-state index < -0.39 is 0 Å². The van der Waals surface area contributed by atoms with Gasteiger partial charge in [0.1, 0.15) is 14.6 Å². The summed E-state index contributed by atoms with van der Waals surface area (Å²) in [6, 6.07) is 17.8. The standard InChI is InChI=1S/C20H24B2/c1-5-15(4)22-20(21-14(2)3)18-12-8-6-10-16(18)17-11-7-9-13-19(17)20/h6-15H,5H2,1-4H3. The van der Waals surface area contributed by atoms with Crippen molar-refractivity contribution in [3.8, 4) is 11.1 Å². The maximum Gasteiger partial charge on any atom is 0.122 e. The Morgan fingerprint density at radius 3 is 1.77 bits per heavy atom. The van der Waals surface area contributed by atoms with Gasteiger partial charge in [-0.25, -0.2) is 0 Å².